The van der Waals surface area contributed by atoms with Crippen LogP contribution in [0, 0.1) is 0 Å². The molecule has 0 aliphatic heterocycles. The zero-order chi connectivity index (χ0) is 48.3. The van der Waals surface area contributed by atoms with Gasteiger partial charge >= 0.3 is 0 Å². The predicted octanol–water partition coefficient (Wildman–Crippen LogP) is 18.6. The van der Waals surface area contributed by atoms with Crippen molar-refractivity contribution in [3.63, 3.8) is 0 Å². The standard InChI is InChI=1S/C62H42N4OS.C3H6/c1-5-16-44-42(6-2)50-35-57-59(46-22-15-21-45(44)58(46)50)51-32-39(25-30-56(51)68-57)38-23-27-53-47(31-38)43(7-3)52(8-4)66(53)41-26-29-55-49(34-41)48-33-40(24-28-54(48)67-55)62-64-60(36-17-11-9-12-18-36)63-61(65-62)37-19-13-10-14-20-37;1-3-2/h5,7-35H,3-4,6H2,1-2H3;3H,1H2,2H3/b16-5-;. The molecule has 4 aromatic heterocycles. The highest BCUT2D eigenvalue weighted by Gasteiger charge is 2.25. The van der Waals surface area contributed by atoms with Gasteiger partial charge in [0.2, 0.25) is 0 Å². The minimum atomic E-state index is 0.594. The van der Waals surface area contributed by atoms with E-state index in [0.29, 0.717) is 17.5 Å². The Labute approximate surface area is 416 Å². The summed E-state index contributed by atoms with van der Waals surface area (Å²) < 4.78 is 11.4. The number of fused-ring (bicyclic) bond motifs is 8. The molecule has 340 valence electrons. The van der Waals surface area contributed by atoms with E-state index in [4.69, 9.17) is 19.4 Å². The molecule has 0 bridgehead atoms. The predicted molar refractivity (Wildman–Crippen MR) is 304 cm³/mol. The lowest BCUT2D eigenvalue weighted by molar-refractivity contribution is 0.669. The lowest BCUT2D eigenvalue weighted by Gasteiger charge is -2.10. The van der Waals surface area contributed by atoms with E-state index in [9.17, 15) is 0 Å². The SMILES string of the molecule is C=CC.C=Cc1c(C=C)n(-c2ccc3oc4ccc(-c5nc(-c6ccccc6)nc(-c6ccccc6)n5)cc4c3c2)c2ccc(-c3ccc4sc5cc6c7c(cccc7c5c4c3)C(/C=C\C)=C6CC)cc12. The highest BCUT2D eigenvalue weighted by molar-refractivity contribution is 7.26. The number of allylic oxidation sites excluding steroid dienone is 5. The maximum Gasteiger partial charge on any atom is 0.164 e. The van der Waals surface area contributed by atoms with E-state index in [1.165, 1.54) is 58.8 Å². The van der Waals surface area contributed by atoms with Gasteiger partial charge in [-0.2, -0.15) is 0 Å². The maximum absolute atomic E-state index is 6.47. The van der Waals surface area contributed by atoms with Gasteiger partial charge in [0.1, 0.15) is 11.2 Å². The van der Waals surface area contributed by atoms with Crippen molar-refractivity contribution < 1.29 is 4.42 Å². The number of furan rings is 1. The zero-order valence-electron chi connectivity index (χ0n) is 39.8. The number of benzene rings is 8. The molecule has 71 heavy (non-hydrogen) atoms. The average Bonchev–Trinajstić information content (AvgIpc) is 4.16. The second-order valence-corrected chi connectivity index (χ2v) is 18.9. The highest BCUT2D eigenvalue weighted by Crippen LogP contribution is 2.50. The van der Waals surface area contributed by atoms with Gasteiger partial charge in [0, 0.05) is 64.3 Å². The van der Waals surface area contributed by atoms with Crippen molar-refractivity contribution >= 4 is 98.4 Å². The Bertz CT molecular complexity index is 4160. The quantitative estimate of drug-likeness (QED) is 0.135. The summed E-state index contributed by atoms with van der Waals surface area (Å²) in [5, 5.41) is 8.43. The summed E-state index contributed by atoms with van der Waals surface area (Å²) in [4.78, 5) is 14.9. The van der Waals surface area contributed by atoms with Crippen LogP contribution in [0.5, 0.6) is 0 Å². The third kappa shape index (κ3) is 7.09. The minimum Gasteiger partial charge on any atom is -0.456 e. The van der Waals surface area contributed by atoms with E-state index in [0.717, 1.165) is 78.5 Å². The molecule has 0 atom stereocenters. The lowest BCUT2D eigenvalue weighted by atomic mass is 9.95. The molecule has 0 radical (unpaired) electrons. The number of hydrogen-bond acceptors (Lipinski definition) is 5. The summed E-state index contributed by atoms with van der Waals surface area (Å²) in [6.07, 6.45) is 11.1. The van der Waals surface area contributed by atoms with Crippen molar-refractivity contribution in [1.29, 1.82) is 0 Å². The van der Waals surface area contributed by atoms with Crippen LogP contribution in [-0.4, -0.2) is 19.5 Å². The van der Waals surface area contributed by atoms with Gasteiger partial charge in [-0.1, -0.05) is 135 Å². The van der Waals surface area contributed by atoms with Crippen LogP contribution >= 0.6 is 11.3 Å². The second kappa shape index (κ2) is 17.7. The van der Waals surface area contributed by atoms with E-state index in [1.54, 1.807) is 6.08 Å². The Hall–Kier alpha value is -8.71. The van der Waals surface area contributed by atoms with E-state index in [1.807, 2.05) is 103 Å². The van der Waals surface area contributed by atoms with Gasteiger partial charge in [-0.25, -0.2) is 15.0 Å². The molecule has 4 heterocycles. The molecule has 0 saturated carbocycles. The molecule has 12 aromatic rings. The van der Waals surface area contributed by atoms with Crippen LogP contribution in [0.3, 0.4) is 0 Å². The summed E-state index contributed by atoms with van der Waals surface area (Å²) >= 11 is 1.89. The number of rotatable bonds is 9. The Kier molecular flexibility index (Phi) is 10.8. The summed E-state index contributed by atoms with van der Waals surface area (Å²) in [5.41, 5.74) is 16.3. The molecule has 0 unspecified atom stereocenters. The maximum atomic E-state index is 6.47. The van der Waals surface area contributed by atoms with E-state index in [2.05, 4.69) is 135 Å². The summed E-state index contributed by atoms with van der Waals surface area (Å²) in [6, 6.07) is 55.7. The molecular formula is C65H48N4OS. The third-order valence-corrected chi connectivity index (χ3v) is 14.8. The van der Waals surface area contributed by atoms with Gasteiger partial charge < -0.3 is 8.98 Å². The van der Waals surface area contributed by atoms with Crippen molar-refractivity contribution in [2.24, 2.45) is 0 Å². The fourth-order valence-electron chi connectivity index (χ4n) is 10.6. The van der Waals surface area contributed by atoms with Crippen LogP contribution in [0.25, 0.3) is 138 Å². The van der Waals surface area contributed by atoms with E-state index >= 15 is 0 Å². The largest absolute Gasteiger partial charge is 0.456 e. The molecule has 0 fully saturated rings. The Morgan fingerprint density at radius 3 is 1.82 bits per heavy atom. The molecule has 0 spiro atoms. The monoisotopic (exact) mass is 932 g/mol. The number of hydrogen-bond donors (Lipinski definition) is 0. The van der Waals surface area contributed by atoms with E-state index < -0.39 is 0 Å². The molecule has 0 saturated heterocycles. The third-order valence-electron chi connectivity index (χ3n) is 13.7. The van der Waals surface area contributed by atoms with Crippen molar-refractivity contribution in [2.75, 3.05) is 0 Å². The second-order valence-electron chi connectivity index (χ2n) is 17.8. The smallest absolute Gasteiger partial charge is 0.164 e. The van der Waals surface area contributed by atoms with Crippen molar-refractivity contribution in [1.82, 2.24) is 19.5 Å². The molecule has 1 aliphatic rings. The zero-order valence-corrected chi connectivity index (χ0v) is 40.6. The van der Waals surface area contributed by atoms with Crippen LogP contribution in [0.2, 0.25) is 0 Å². The molecule has 1 aliphatic carbocycles. The number of thiophene rings is 1. The van der Waals surface area contributed by atoms with Gasteiger partial charge in [0.25, 0.3) is 0 Å². The van der Waals surface area contributed by atoms with Crippen LogP contribution in [0.15, 0.2) is 200 Å². The average molecular weight is 933 g/mol. The van der Waals surface area contributed by atoms with Gasteiger partial charge in [-0.05, 0) is 137 Å². The minimum absolute atomic E-state index is 0.594. The number of nitrogens with zero attached hydrogens (tertiary/aromatic N) is 4. The molecule has 0 amide bonds. The Morgan fingerprint density at radius 1 is 0.535 bits per heavy atom. The molecule has 8 aromatic carbocycles. The molecule has 5 nitrogen and oxygen atoms in total. The highest BCUT2D eigenvalue weighted by atomic mass is 32.1. The first kappa shape index (κ1) is 43.6. The Morgan fingerprint density at radius 2 is 1.15 bits per heavy atom. The van der Waals surface area contributed by atoms with Crippen LogP contribution in [0.1, 0.15) is 49.6 Å². The van der Waals surface area contributed by atoms with Crippen molar-refractivity contribution in [2.45, 2.75) is 27.2 Å². The topological polar surface area (TPSA) is 56.7 Å². The molecule has 6 heteroatoms. The van der Waals surface area contributed by atoms with Crippen LogP contribution < -0.4 is 0 Å². The summed E-state index contributed by atoms with van der Waals surface area (Å²) in [7, 11) is 0. The summed E-state index contributed by atoms with van der Waals surface area (Å²) in [5.74, 6) is 1.83. The first-order valence-corrected chi connectivity index (χ1v) is 24.9. The van der Waals surface area contributed by atoms with Crippen molar-refractivity contribution in [3.05, 3.63) is 218 Å². The fraction of sp³-hybridized carbons (Fsp3) is 0.0615. The number of aromatic nitrogens is 4. The molecule has 13 rings (SSSR count). The first-order valence-electron chi connectivity index (χ1n) is 24.1. The molecule has 0 N–H and O–H groups in total. The van der Waals surface area contributed by atoms with Gasteiger partial charge in [0.15, 0.2) is 17.5 Å². The van der Waals surface area contributed by atoms with Gasteiger partial charge in [0.05, 0.1) is 11.2 Å². The normalized spacial score (nSPS) is 12.3. The van der Waals surface area contributed by atoms with Crippen LogP contribution in [-0.2, 0) is 0 Å². The fourth-order valence-corrected chi connectivity index (χ4v) is 11.8. The van der Waals surface area contributed by atoms with Gasteiger partial charge in [-0.3, -0.25) is 0 Å². The van der Waals surface area contributed by atoms with E-state index in [-0.39, 0.29) is 0 Å². The first-order chi connectivity index (χ1) is 34.9. The van der Waals surface area contributed by atoms with Crippen LogP contribution in [0.4, 0.5) is 0 Å². The van der Waals surface area contributed by atoms with Crippen molar-refractivity contribution in [3.8, 4) is 51.0 Å². The van der Waals surface area contributed by atoms with Gasteiger partial charge in [-0.15, -0.1) is 17.9 Å². The molecular weight excluding hydrogens is 885 g/mol. The lowest BCUT2D eigenvalue weighted by Crippen LogP contribution is -2.00. The Balaban J connectivity index is 0.00000168. The summed E-state index contributed by atoms with van der Waals surface area (Å²) in [6.45, 7) is 18.3.